The van der Waals surface area contributed by atoms with E-state index in [0.29, 0.717) is 19.8 Å². The maximum atomic E-state index is 5.56. The molecule has 0 fully saturated rings. The first kappa shape index (κ1) is 11.0. The standard InChI is InChI=1S/C14H16O3/c1-2-3-15-5-10-4-11-6-16-7-12(11)14-9-17-8-13(10)14/h2,4H,1,3,5-9H2. The van der Waals surface area contributed by atoms with Crippen LogP contribution in [0.3, 0.4) is 0 Å². The average molecular weight is 232 g/mol. The Hall–Kier alpha value is -1.16. The van der Waals surface area contributed by atoms with E-state index in [1.54, 1.807) is 6.08 Å². The van der Waals surface area contributed by atoms with Crippen LogP contribution in [0.5, 0.6) is 0 Å². The molecule has 0 radical (unpaired) electrons. The second kappa shape index (κ2) is 4.61. The highest BCUT2D eigenvalue weighted by Crippen LogP contribution is 2.34. The van der Waals surface area contributed by atoms with E-state index >= 15 is 0 Å². The molecule has 0 saturated heterocycles. The zero-order valence-electron chi connectivity index (χ0n) is 9.83. The number of hydrogen-bond donors (Lipinski definition) is 0. The van der Waals surface area contributed by atoms with Crippen LogP contribution in [0, 0.1) is 0 Å². The molecule has 3 nitrogen and oxygen atoms in total. The third-order valence-electron chi connectivity index (χ3n) is 3.34. The molecule has 0 bridgehead atoms. The minimum atomic E-state index is 0.587. The fourth-order valence-corrected chi connectivity index (χ4v) is 2.52. The van der Waals surface area contributed by atoms with Crippen molar-refractivity contribution in [2.24, 2.45) is 0 Å². The summed E-state index contributed by atoms with van der Waals surface area (Å²) >= 11 is 0. The number of rotatable bonds is 4. The van der Waals surface area contributed by atoms with Crippen LogP contribution in [0.25, 0.3) is 0 Å². The highest BCUT2D eigenvalue weighted by molar-refractivity contribution is 5.47. The molecule has 0 atom stereocenters. The van der Waals surface area contributed by atoms with Gasteiger partial charge in [0.2, 0.25) is 0 Å². The van der Waals surface area contributed by atoms with Crippen LogP contribution in [-0.4, -0.2) is 6.61 Å². The van der Waals surface area contributed by atoms with Gasteiger partial charge in [0.15, 0.2) is 0 Å². The predicted molar refractivity (Wildman–Crippen MR) is 63.3 cm³/mol. The van der Waals surface area contributed by atoms with Crippen LogP contribution in [0.2, 0.25) is 0 Å². The number of ether oxygens (including phenoxy) is 3. The van der Waals surface area contributed by atoms with E-state index in [0.717, 1.165) is 19.8 Å². The molecule has 2 heterocycles. The third-order valence-corrected chi connectivity index (χ3v) is 3.34. The Morgan fingerprint density at radius 1 is 1.12 bits per heavy atom. The fourth-order valence-electron chi connectivity index (χ4n) is 2.52. The summed E-state index contributed by atoms with van der Waals surface area (Å²) in [7, 11) is 0. The van der Waals surface area contributed by atoms with Crippen molar-refractivity contribution in [1.29, 1.82) is 0 Å². The number of benzene rings is 1. The number of fused-ring (bicyclic) bond motifs is 3. The Labute approximate surface area is 101 Å². The third kappa shape index (κ3) is 1.90. The maximum Gasteiger partial charge on any atom is 0.0728 e. The summed E-state index contributed by atoms with van der Waals surface area (Å²) in [5.41, 5.74) is 6.51. The Bertz CT molecular complexity index is 451. The molecule has 0 unspecified atom stereocenters. The van der Waals surface area contributed by atoms with Gasteiger partial charge in [-0.1, -0.05) is 12.1 Å². The van der Waals surface area contributed by atoms with E-state index in [-0.39, 0.29) is 0 Å². The first-order valence-electron chi connectivity index (χ1n) is 5.89. The van der Waals surface area contributed by atoms with Crippen molar-refractivity contribution in [2.45, 2.75) is 33.0 Å². The molecule has 1 aromatic rings. The maximum absolute atomic E-state index is 5.56. The van der Waals surface area contributed by atoms with Crippen molar-refractivity contribution in [3.63, 3.8) is 0 Å². The van der Waals surface area contributed by atoms with E-state index in [2.05, 4.69) is 12.6 Å². The average Bonchev–Trinajstić information content (AvgIpc) is 2.96. The van der Waals surface area contributed by atoms with Crippen LogP contribution in [0.15, 0.2) is 18.7 Å². The summed E-state index contributed by atoms with van der Waals surface area (Å²) in [6.07, 6.45) is 1.77. The van der Waals surface area contributed by atoms with E-state index < -0.39 is 0 Å². The molecule has 0 saturated carbocycles. The van der Waals surface area contributed by atoms with Crippen molar-refractivity contribution in [3.8, 4) is 0 Å². The van der Waals surface area contributed by atoms with E-state index in [1.807, 2.05) is 0 Å². The second-order valence-electron chi connectivity index (χ2n) is 4.42. The lowest BCUT2D eigenvalue weighted by molar-refractivity contribution is 0.123. The zero-order valence-corrected chi connectivity index (χ0v) is 9.83. The monoisotopic (exact) mass is 232 g/mol. The Morgan fingerprint density at radius 3 is 2.76 bits per heavy atom. The molecule has 0 aromatic heterocycles. The van der Waals surface area contributed by atoms with Gasteiger partial charge in [0.25, 0.3) is 0 Å². The SMILES string of the molecule is C=CCOCc1cc2c(c3c1COC3)COC2. The van der Waals surface area contributed by atoms with Gasteiger partial charge in [0, 0.05) is 0 Å². The van der Waals surface area contributed by atoms with Gasteiger partial charge in [0.05, 0.1) is 39.6 Å². The van der Waals surface area contributed by atoms with Crippen molar-refractivity contribution in [3.05, 3.63) is 46.5 Å². The van der Waals surface area contributed by atoms with Gasteiger partial charge in [-0.3, -0.25) is 0 Å². The molecule has 0 amide bonds. The van der Waals surface area contributed by atoms with E-state index in [1.165, 1.54) is 27.8 Å². The van der Waals surface area contributed by atoms with Crippen LogP contribution in [0.4, 0.5) is 0 Å². The lowest BCUT2D eigenvalue weighted by atomic mass is 9.95. The number of hydrogen-bond acceptors (Lipinski definition) is 3. The van der Waals surface area contributed by atoms with Crippen LogP contribution < -0.4 is 0 Å². The fraction of sp³-hybridized carbons (Fsp3) is 0.429. The molecule has 90 valence electrons. The molecule has 1 aromatic carbocycles. The molecule has 0 N–H and O–H groups in total. The lowest BCUT2D eigenvalue weighted by Crippen LogP contribution is -2.02. The minimum absolute atomic E-state index is 0.587. The van der Waals surface area contributed by atoms with Crippen LogP contribution in [0.1, 0.15) is 27.8 Å². The van der Waals surface area contributed by atoms with Gasteiger partial charge in [-0.15, -0.1) is 6.58 Å². The Balaban J connectivity index is 1.93. The van der Waals surface area contributed by atoms with Crippen LogP contribution >= 0.6 is 0 Å². The van der Waals surface area contributed by atoms with Crippen molar-refractivity contribution in [1.82, 2.24) is 0 Å². The van der Waals surface area contributed by atoms with Gasteiger partial charge in [-0.25, -0.2) is 0 Å². The summed E-state index contributed by atoms with van der Waals surface area (Å²) in [4.78, 5) is 0. The molecule has 17 heavy (non-hydrogen) atoms. The summed E-state index contributed by atoms with van der Waals surface area (Å²) in [6.45, 7) is 7.74. The Kier molecular flexibility index (Phi) is 2.97. The van der Waals surface area contributed by atoms with Crippen molar-refractivity contribution >= 4 is 0 Å². The molecular weight excluding hydrogens is 216 g/mol. The quantitative estimate of drug-likeness (QED) is 0.589. The smallest absolute Gasteiger partial charge is 0.0728 e. The molecule has 2 aliphatic rings. The summed E-state index contributed by atoms with van der Waals surface area (Å²) in [6, 6.07) is 2.21. The molecule has 2 aliphatic heterocycles. The lowest BCUT2D eigenvalue weighted by Gasteiger charge is -2.11. The van der Waals surface area contributed by atoms with Gasteiger partial charge in [-0.2, -0.15) is 0 Å². The highest BCUT2D eigenvalue weighted by atomic mass is 16.5. The summed E-state index contributed by atoms with van der Waals surface area (Å²) in [5, 5.41) is 0. The van der Waals surface area contributed by atoms with Gasteiger partial charge >= 0.3 is 0 Å². The summed E-state index contributed by atoms with van der Waals surface area (Å²) in [5.74, 6) is 0. The van der Waals surface area contributed by atoms with Crippen molar-refractivity contribution < 1.29 is 14.2 Å². The molecular formula is C14H16O3. The topological polar surface area (TPSA) is 27.7 Å². The molecule has 3 rings (SSSR count). The van der Waals surface area contributed by atoms with E-state index in [9.17, 15) is 0 Å². The van der Waals surface area contributed by atoms with Gasteiger partial charge in [0.1, 0.15) is 0 Å². The molecule has 0 spiro atoms. The van der Waals surface area contributed by atoms with Gasteiger partial charge < -0.3 is 14.2 Å². The zero-order chi connectivity index (χ0) is 11.7. The second-order valence-corrected chi connectivity index (χ2v) is 4.42. The predicted octanol–water partition coefficient (Wildman–Crippen LogP) is 2.45. The molecule has 3 heteroatoms. The van der Waals surface area contributed by atoms with Crippen molar-refractivity contribution in [2.75, 3.05) is 6.61 Å². The van der Waals surface area contributed by atoms with E-state index in [4.69, 9.17) is 14.2 Å². The highest BCUT2D eigenvalue weighted by Gasteiger charge is 2.25. The largest absolute Gasteiger partial charge is 0.373 e. The normalized spacial score (nSPS) is 16.9. The van der Waals surface area contributed by atoms with Gasteiger partial charge in [-0.05, 0) is 27.8 Å². The first-order chi connectivity index (χ1) is 8.40. The van der Waals surface area contributed by atoms with Crippen LogP contribution in [-0.2, 0) is 47.2 Å². The Morgan fingerprint density at radius 2 is 1.88 bits per heavy atom. The minimum Gasteiger partial charge on any atom is -0.373 e. The molecule has 0 aliphatic carbocycles. The first-order valence-corrected chi connectivity index (χ1v) is 5.89. The summed E-state index contributed by atoms with van der Waals surface area (Å²) < 4.78 is 16.6.